The number of carbonyl (C=O) groups excluding carboxylic acids is 1. The smallest absolute Gasteiger partial charge is 0.321 e. The Hall–Kier alpha value is -1.83. The molecule has 3 aromatic rings. The Bertz CT molecular complexity index is 899. The quantitative estimate of drug-likeness (QED) is 0.329. The highest BCUT2D eigenvalue weighted by molar-refractivity contribution is 9.10. The van der Waals surface area contributed by atoms with E-state index in [1.54, 1.807) is 24.5 Å². The van der Waals surface area contributed by atoms with Gasteiger partial charge in [0, 0.05) is 10.7 Å². The molecule has 0 saturated carbocycles. The first-order valence-corrected chi connectivity index (χ1v) is 9.44. The van der Waals surface area contributed by atoms with Gasteiger partial charge >= 0.3 is 5.97 Å². The van der Waals surface area contributed by atoms with Crippen LogP contribution in [-0.2, 0) is 4.79 Å². The number of benzene rings is 2. The fourth-order valence-electron chi connectivity index (χ4n) is 2.04. The van der Waals surface area contributed by atoms with Crippen LogP contribution < -0.4 is 4.74 Å². The lowest BCUT2D eigenvalue weighted by Crippen LogP contribution is -2.11. The van der Waals surface area contributed by atoms with Gasteiger partial charge in [0.15, 0.2) is 5.16 Å². The number of aromatic nitrogens is 3. The number of rotatable bonds is 5. The summed E-state index contributed by atoms with van der Waals surface area (Å²) < 4.78 is 7.79. The van der Waals surface area contributed by atoms with E-state index in [1.165, 1.54) is 17.3 Å². The fourth-order valence-corrected chi connectivity index (χ4v) is 3.50. The Balaban J connectivity index is 1.65. The van der Waals surface area contributed by atoms with Gasteiger partial charge in [-0.15, -0.1) is 10.2 Å². The van der Waals surface area contributed by atoms with Gasteiger partial charge in [-0.2, -0.15) is 0 Å². The summed E-state index contributed by atoms with van der Waals surface area (Å²) in [6.45, 7) is 2.02. The molecule has 0 atom stereocenters. The van der Waals surface area contributed by atoms with Gasteiger partial charge in [0.05, 0.1) is 10.2 Å². The molecule has 2 aromatic carbocycles. The Kier molecular flexibility index (Phi) is 5.78. The molecule has 128 valence electrons. The van der Waals surface area contributed by atoms with Crippen molar-refractivity contribution in [2.75, 3.05) is 5.75 Å². The average molecular weight is 439 g/mol. The van der Waals surface area contributed by atoms with Gasteiger partial charge in [0.25, 0.3) is 0 Å². The van der Waals surface area contributed by atoms with Crippen molar-refractivity contribution in [3.8, 4) is 11.4 Å². The van der Waals surface area contributed by atoms with E-state index < -0.39 is 0 Å². The van der Waals surface area contributed by atoms with Gasteiger partial charge in [0.1, 0.15) is 12.1 Å². The van der Waals surface area contributed by atoms with Crippen LogP contribution in [0.4, 0.5) is 0 Å². The summed E-state index contributed by atoms with van der Waals surface area (Å²) in [5, 5.41) is 9.17. The third-order valence-electron chi connectivity index (χ3n) is 3.27. The second-order valence-corrected chi connectivity index (χ2v) is 7.39. The molecule has 0 N–H and O–H groups in total. The van der Waals surface area contributed by atoms with Crippen LogP contribution in [0.5, 0.6) is 5.75 Å². The van der Waals surface area contributed by atoms with Crippen LogP contribution in [0.2, 0.25) is 5.02 Å². The third-order valence-corrected chi connectivity index (χ3v) is 5.04. The van der Waals surface area contributed by atoms with Crippen molar-refractivity contribution in [2.24, 2.45) is 0 Å². The van der Waals surface area contributed by atoms with E-state index in [2.05, 4.69) is 26.1 Å². The Morgan fingerprint density at radius 3 is 2.76 bits per heavy atom. The maximum atomic E-state index is 12.1. The number of halogens is 2. The number of hydrogen-bond donors (Lipinski definition) is 0. The molecule has 0 fully saturated rings. The van der Waals surface area contributed by atoms with Crippen LogP contribution in [0.1, 0.15) is 5.56 Å². The summed E-state index contributed by atoms with van der Waals surface area (Å²) in [5.74, 6) is 0.154. The molecule has 0 spiro atoms. The van der Waals surface area contributed by atoms with E-state index in [1.807, 2.05) is 35.8 Å². The molecule has 25 heavy (non-hydrogen) atoms. The Morgan fingerprint density at radius 2 is 2.04 bits per heavy atom. The molecule has 0 aliphatic rings. The lowest BCUT2D eigenvalue weighted by atomic mass is 10.2. The molecule has 0 bridgehead atoms. The molecule has 5 nitrogen and oxygen atoms in total. The number of thioether (sulfide) groups is 1. The minimum Gasteiger partial charge on any atom is -0.425 e. The number of hydrogen-bond acceptors (Lipinski definition) is 5. The van der Waals surface area contributed by atoms with Crippen molar-refractivity contribution in [1.82, 2.24) is 14.8 Å². The summed E-state index contributed by atoms with van der Waals surface area (Å²) in [5.41, 5.74) is 2.11. The van der Waals surface area contributed by atoms with E-state index in [9.17, 15) is 4.79 Å². The summed E-state index contributed by atoms with van der Waals surface area (Å²) >= 11 is 10.5. The zero-order chi connectivity index (χ0) is 17.8. The molecule has 1 heterocycles. The van der Waals surface area contributed by atoms with Crippen LogP contribution in [0.25, 0.3) is 5.69 Å². The van der Waals surface area contributed by atoms with Crippen molar-refractivity contribution in [3.63, 3.8) is 0 Å². The molecule has 0 radical (unpaired) electrons. The molecule has 8 heteroatoms. The second kappa shape index (κ2) is 8.03. The van der Waals surface area contributed by atoms with Crippen LogP contribution in [0.3, 0.4) is 0 Å². The van der Waals surface area contributed by atoms with E-state index in [0.29, 0.717) is 20.4 Å². The van der Waals surface area contributed by atoms with E-state index in [-0.39, 0.29) is 11.7 Å². The van der Waals surface area contributed by atoms with Gasteiger partial charge < -0.3 is 4.74 Å². The first-order chi connectivity index (χ1) is 12.0. The van der Waals surface area contributed by atoms with Gasteiger partial charge in [0.2, 0.25) is 0 Å². The predicted octanol–water partition coefficient (Wildman–Crippen LogP) is 4.69. The van der Waals surface area contributed by atoms with E-state index >= 15 is 0 Å². The topological polar surface area (TPSA) is 57.0 Å². The summed E-state index contributed by atoms with van der Waals surface area (Å²) in [6, 6.07) is 13.0. The summed E-state index contributed by atoms with van der Waals surface area (Å²) in [6.07, 6.45) is 1.62. The molecule has 0 aliphatic carbocycles. The number of nitrogens with zero attached hydrogens (tertiary/aromatic N) is 3. The van der Waals surface area contributed by atoms with Crippen molar-refractivity contribution in [2.45, 2.75) is 12.1 Å². The highest BCUT2D eigenvalue weighted by Crippen LogP contribution is 2.28. The van der Waals surface area contributed by atoms with Crippen molar-refractivity contribution in [1.29, 1.82) is 0 Å². The minimum atomic E-state index is -0.383. The molecule has 0 amide bonds. The monoisotopic (exact) mass is 437 g/mol. The number of esters is 1. The van der Waals surface area contributed by atoms with Gasteiger partial charge in [-0.05, 0) is 53.2 Å². The van der Waals surface area contributed by atoms with Crippen LogP contribution >= 0.6 is 39.3 Å². The van der Waals surface area contributed by atoms with Gasteiger partial charge in [-0.3, -0.25) is 9.36 Å². The van der Waals surface area contributed by atoms with Crippen LogP contribution in [-0.4, -0.2) is 26.5 Å². The van der Waals surface area contributed by atoms with Crippen LogP contribution in [0.15, 0.2) is 58.4 Å². The molecule has 3 rings (SSSR count). The van der Waals surface area contributed by atoms with Crippen molar-refractivity contribution < 1.29 is 9.53 Å². The van der Waals surface area contributed by atoms with E-state index in [0.717, 1.165) is 5.69 Å². The zero-order valence-corrected chi connectivity index (χ0v) is 16.3. The Labute approximate surface area is 162 Å². The average Bonchev–Trinajstić information content (AvgIpc) is 3.05. The largest absolute Gasteiger partial charge is 0.425 e. The number of ether oxygens (including phenoxy) is 1. The standard InChI is InChI=1S/C17H13BrClN3O2S/c1-11-2-5-13(6-3-11)22-10-20-21-17(22)25-9-16(23)24-15-7-4-12(19)8-14(15)18/h2-8,10H,9H2,1H3. The summed E-state index contributed by atoms with van der Waals surface area (Å²) in [4.78, 5) is 12.1. The maximum Gasteiger partial charge on any atom is 0.321 e. The minimum absolute atomic E-state index is 0.111. The maximum absolute atomic E-state index is 12.1. The number of carbonyl (C=O) groups is 1. The lowest BCUT2D eigenvalue weighted by Gasteiger charge is -2.08. The molecular weight excluding hydrogens is 426 g/mol. The highest BCUT2D eigenvalue weighted by atomic mass is 79.9. The molecule has 0 aliphatic heterocycles. The van der Waals surface area contributed by atoms with E-state index in [4.69, 9.17) is 16.3 Å². The first kappa shape index (κ1) is 18.0. The van der Waals surface area contributed by atoms with Gasteiger partial charge in [-0.1, -0.05) is 41.1 Å². The molecule has 0 saturated heterocycles. The fraction of sp³-hybridized carbons (Fsp3) is 0.118. The lowest BCUT2D eigenvalue weighted by molar-refractivity contribution is -0.131. The molecule has 1 aromatic heterocycles. The van der Waals surface area contributed by atoms with Crippen LogP contribution in [0, 0.1) is 6.92 Å². The normalized spacial score (nSPS) is 10.7. The van der Waals surface area contributed by atoms with Crippen molar-refractivity contribution >= 4 is 45.3 Å². The number of aryl methyl sites for hydroxylation is 1. The predicted molar refractivity (Wildman–Crippen MR) is 102 cm³/mol. The highest BCUT2D eigenvalue weighted by Gasteiger charge is 2.13. The Morgan fingerprint density at radius 1 is 1.28 bits per heavy atom. The van der Waals surface area contributed by atoms with Gasteiger partial charge in [-0.25, -0.2) is 0 Å². The molecular formula is C17H13BrClN3O2S. The third kappa shape index (κ3) is 4.62. The SMILES string of the molecule is Cc1ccc(-n2cnnc2SCC(=O)Oc2ccc(Cl)cc2Br)cc1. The first-order valence-electron chi connectivity index (χ1n) is 7.28. The zero-order valence-electron chi connectivity index (χ0n) is 13.1. The summed E-state index contributed by atoms with van der Waals surface area (Å²) in [7, 11) is 0. The second-order valence-electron chi connectivity index (χ2n) is 5.16. The molecule has 0 unspecified atom stereocenters. The van der Waals surface area contributed by atoms with Crippen molar-refractivity contribution in [3.05, 3.63) is 63.9 Å².